The summed E-state index contributed by atoms with van der Waals surface area (Å²) in [4.78, 5) is 0. The summed E-state index contributed by atoms with van der Waals surface area (Å²) in [5.74, 6) is 0. The van der Waals surface area contributed by atoms with E-state index in [1.807, 2.05) is 0 Å². The maximum atomic E-state index is 4.78. The Balaban J connectivity index is 2.55. The minimum absolute atomic E-state index is 0.293. The molecule has 1 heterocycles. The lowest BCUT2D eigenvalue weighted by Gasteiger charge is -2.19. The van der Waals surface area contributed by atoms with Gasteiger partial charge in [-0.2, -0.15) is 5.10 Å². The van der Waals surface area contributed by atoms with Gasteiger partial charge in [-0.3, -0.25) is 0 Å². The quantitative estimate of drug-likeness (QED) is 0.835. The number of nitrogens with zero attached hydrogens (tertiary/aromatic N) is 2. The van der Waals surface area contributed by atoms with Gasteiger partial charge in [0.05, 0.1) is 11.4 Å². The SMILES string of the molecule is CCNC(C)c1cc(Br)ccc1-n1nc(CC)cc1CC. The minimum atomic E-state index is 0.293. The summed E-state index contributed by atoms with van der Waals surface area (Å²) < 4.78 is 3.21. The van der Waals surface area contributed by atoms with Gasteiger partial charge in [0.15, 0.2) is 0 Å². The van der Waals surface area contributed by atoms with Crippen molar-refractivity contribution in [1.82, 2.24) is 15.1 Å². The van der Waals surface area contributed by atoms with Gasteiger partial charge in [0, 0.05) is 16.2 Å². The summed E-state index contributed by atoms with van der Waals surface area (Å²) in [5, 5.41) is 8.27. The van der Waals surface area contributed by atoms with Gasteiger partial charge in [0.1, 0.15) is 0 Å². The van der Waals surface area contributed by atoms with Crippen LogP contribution in [0.15, 0.2) is 28.7 Å². The highest BCUT2D eigenvalue weighted by Gasteiger charge is 2.15. The van der Waals surface area contributed by atoms with E-state index in [2.05, 4.69) is 77.9 Å². The molecule has 0 amide bonds. The van der Waals surface area contributed by atoms with Crippen LogP contribution in [0.2, 0.25) is 0 Å². The van der Waals surface area contributed by atoms with Gasteiger partial charge >= 0.3 is 0 Å². The van der Waals surface area contributed by atoms with Gasteiger partial charge in [-0.25, -0.2) is 4.68 Å². The standard InChI is InChI=1S/C17H24BrN3/c1-5-14-11-15(6-2)21(20-14)17-9-8-13(18)10-16(17)12(4)19-7-3/h8-12,19H,5-7H2,1-4H3. The van der Waals surface area contributed by atoms with Crippen LogP contribution in [0, 0.1) is 0 Å². The van der Waals surface area contributed by atoms with E-state index < -0.39 is 0 Å². The molecule has 3 nitrogen and oxygen atoms in total. The molecule has 0 bridgehead atoms. The van der Waals surface area contributed by atoms with Gasteiger partial charge < -0.3 is 5.32 Å². The fourth-order valence-electron chi connectivity index (χ4n) is 2.59. The van der Waals surface area contributed by atoms with Crippen LogP contribution in [0.1, 0.15) is 50.7 Å². The maximum absolute atomic E-state index is 4.78. The zero-order valence-electron chi connectivity index (χ0n) is 13.3. The molecule has 1 N–H and O–H groups in total. The van der Waals surface area contributed by atoms with Crippen molar-refractivity contribution in [2.45, 2.75) is 46.6 Å². The monoisotopic (exact) mass is 349 g/mol. The van der Waals surface area contributed by atoms with Crippen molar-refractivity contribution >= 4 is 15.9 Å². The number of nitrogens with one attached hydrogen (secondary N) is 1. The number of hydrogen-bond acceptors (Lipinski definition) is 2. The van der Waals surface area contributed by atoms with E-state index in [1.165, 1.54) is 16.9 Å². The largest absolute Gasteiger partial charge is 0.310 e. The number of aromatic nitrogens is 2. The van der Waals surface area contributed by atoms with Crippen molar-refractivity contribution in [2.75, 3.05) is 6.54 Å². The normalized spacial score (nSPS) is 12.6. The van der Waals surface area contributed by atoms with Crippen LogP contribution in [0.4, 0.5) is 0 Å². The van der Waals surface area contributed by atoms with E-state index in [9.17, 15) is 0 Å². The predicted octanol–water partition coefficient (Wildman–Crippen LogP) is 4.43. The first-order chi connectivity index (χ1) is 10.1. The molecule has 0 aliphatic rings. The second-order valence-electron chi connectivity index (χ2n) is 5.23. The van der Waals surface area contributed by atoms with Crippen LogP contribution in [-0.4, -0.2) is 16.3 Å². The van der Waals surface area contributed by atoms with Crippen molar-refractivity contribution in [2.24, 2.45) is 0 Å². The summed E-state index contributed by atoms with van der Waals surface area (Å²) in [7, 11) is 0. The summed E-state index contributed by atoms with van der Waals surface area (Å²) in [6.45, 7) is 9.61. The zero-order chi connectivity index (χ0) is 15.4. The highest BCUT2D eigenvalue weighted by atomic mass is 79.9. The van der Waals surface area contributed by atoms with Gasteiger partial charge in [-0.15, -0.1) is 0 Å². The molecule has 0 radical (unpaired) electrons. The lowest BCUT2D eigenvalue weighted by Crippen LogP contribution is -2.20. The van der Waals surface area contributed by atoms with Crippen molar-refractivity contribution in [3.63, 3.8) is 0 Å². The Hall–Kier alpha value is -1.13. The average molecular weight is 350 g/mol. The van der Waals surface area contributed by atoms with Gasteiger partial charge in [0.2, 0.25) is 0 Å². The molecule has 0 aliphatic carbocycles. The van der Waals surface area contributed by atoms with Crippen LogP contribution < -0.4 is 5.32 Å². The number of benzene rings is 1. The highest BCUT2D eigenvalue weighted by molar-refractivity contribution is 9.10. The smallest absolute Gasteiger partial charge is 0.0697 e. The molecule has 2 aromatic rings. The lowest BCUT2D eigenvalue weighted by molar-refractivity contribution is 0.591. The van der Waals surface area contributed by atoms with E-state index in [-0.39, 0.29) is 0 Å². The molecule has 1 aromatic heterocycles. The Kier molecular flexibility index (Phi) is 5.59. The molecule has 1 unspecified atom stereocenters. The number of halogens is 1. The zero-order valence-corrected chi connectivity index (χ0v) is 14.9. The third-order valence-corrected chi connectivity index (χ3v) is 4.25. The molecule has 1 aromatic carbocycles. The summed E-state index contributed by atoms with van der Waals surface area (Å²) in [5.41, 5.74) is 4.85. The number of aryl methyl sites for hydroxylation is 2. The first-order valence-corrected chi connectivity index (χ1v) is 8.50. The van der Waals surface area contributed by atoms with Crippen molar-refractivity contribution in [3.05, 3.63) is 45.7 Å². The van der Waals surface area contributed by atoms with Gasteiger partial charge in [0.25, 0.3) is 0 Å². The van der Waals surface area contributed by atoms with Gasteiger partial charge in [-0.1, -0.05) is 36.7 Å². The molecule has 0 saturated carbocycles. The average Bonchev–Trinajstić information content (AvgIpc) is 2.90. The van der Waals surface area contributed by atoms with Crippen LogP contribution >= 0.6 is 15.9 Å². The first kappa shape index (κ1) is 16.2. The molecule has 0 saturated heterocycles. The third-order valence-electron chi connectivity index (χ3n) is 3.75. The Labute approximate surface area is 135 Å². The molecule has 1 atom stereocenters. The summed E-state index contributed by atoms with van der Waals surface area (Å²) >= 11 is 3.59. The highest BCUT2D eigenvalue weighted by Crippen LogP contribution is 2.27. The molecule has 0 spiro atoms. The minimum Gasteiger partial charge on any atom is -0.310 e. The van der Waals surface area contributed by atoms with E-state index >= 15 is 0 Å². The molecular formula is C17H24BrN3. The third kappa shape index (κ3) is 3.55. The molecule has 0 aliphatic heterocycles. The Morgan fingerprint density at radius 3 is 2.57 bits per heavy atom. The number of rotatable bonds is 6. The van der Waals surface area contributed by atoms with Crippen LogP contribution in [-0.2, 0) is 12.8 Å². The molecule has 2 rings (SSSR count). The Bertz CT molecular complexity index is 604. The molecule has 4 heteroatoms. The van der Waals surface area contributed by atoms with Gasteiger partial charge in [-0.05, 0) is 56.1 Å². The first-order valence-electron chi connectivity index (χ1n) is 7.71. The lowest BCUT2D eigenvalue weighted by atomic mass is 10.1. The van der Waals surface area contributed by atoms with E-state index in [4.69, 9.17) is 5.10 Å². The van der Waals surface area contributed by atoms with E-state index in [1.54, 1.807) is 0 Å². The topological polar surface area (TPSA) is 29.9 Å². The Morgan fingerprint density at radius 1 is 1.19 bits per heavy atom. The Morgan fingerprint density at radius 2 is 1.95 bits per heavy atom. The fraction of sp³-hybridized carbons (Fsp3) is 0.471. The summed E-state index contributed by atoms with van der Waals surface area (Å²) in [6, 6.07) is 8.93. The van der Waals surface area contributed by atoms with E-state index in [0.29, 0.717) is 6.04 Å². The van der Waals surface area contributed by atoms with Crippen molar-refractivity contribution in [3.8, 4) is 5.69 Å². The molecule has 0 fully saturated rings. The molecule has 114 valence electrons. The van der Waals surface area contributed by atoms with Crippen LogP contribution in [0.3, 0.4) is 0 Å². The van der Waals surface area contributed by atoms with Crippen LogP contribution in [0.5, 0.6) is 0 Å². The maximum Gasteiger partial charge on any atom is 0.0697 e. The van der Waals surface area contributed by atoms with Crippen LogP contribution in [0.25, 0.3) is 5.69 Å². The second-order valence-corrected chi connectivity index (χ2v) is 6.14. The van der Waals surface area contributed by atoms with E-state index in [0.717, 1.165) is 29.6 Å². The molecular weight excluding hydrogens is 326 g/mol. The second kappa shape index (κ2) is 7.23. The molecule has 21 heavy (non-hydrogen) atoms. The van der Waals surface area contributed by atoms with Crippen molar-refractivity contribution in [1.29, 1.82) is 0 Å². The van der Waals surface area contributed by atoms with Crippen molar-refractivity contribution < 1.29 is 0 Å². The fourth-order valence-corrected chi connectivity index (χ4v) is 2.97. The predicted molar refractivity (Wildman–Crippen MR) is 92.1 cm³/mol. The number of hydrogen-bond donors (Lipinski definition) is 1. The summed E-state index contributed by atoms with van der Waals surface area (Å²) in [6.07, 6.45) is 1.95.